The van der Waals surface area contributed by atoms with Gasteiger partial charge in [0.15, 0.2) is 0 Å². The number of rotatable bonds is 2. The largest absolute Gasteiger partial charge is 0.377 e. The highest BCUT2D eigenvalue weighted by molar-refractivity contribution is 4.78. The van der Waals surface area contributed by atoms with Crippen molar-refractivity contribution in [3.63, 3.8) is 0 Å². The Morgan fingerprint density at radius 2 is 2.00 bits per heavy atom. The van der Waals surface area contributed by atoms with Gasteiger partial charge in [0.05, 0.1) is 19.4 Å². The standard InChI is InChI=1S/C9H19N3O/c1-3-10-4-2-8(1)12-9-7-13-6-5-11-9/h8-12H,1-7H2. The van der Waals surface area contributed by atoms with Crippen LogP contribution in [0.25, 0.3) is 0 Å². The van der Waals surface area contributed by atoms with E-state index in [2.05, 4.69) is 16.0 Å². The first kappa shape index (κ1) is 9.40. The van der Waals surface area contributed by atoms with E-state index in [9.17, 15) is 0 Å². The van der Waals surface area contributed by atoms with Gasteiger partial charge in [0.25, 0.3) is 0 Å². The number of ether oxygens (including phenoxy) is 1. The zero-order valence-electron chi connectivity index (χ0n) is 8.01. The highest BCUT2D eigenvalue weighted by Gasteiger charge is 2.18. The second kappa shape index (κ2) is 4.91. The molecule has 0 aromatic heterocycles. The van der Waals surface area contributed by atoms with Crippen LogP contribution in [0.5, 0.6) is 0 Å². The van der Waals surface area contributed by atoms with Crippen LogP contribution in [-0.2, 0) is 4.74 Å². The third kappa shape index (κ3) is 2.91. The SMILES string of the molecule is C1CC(NC2COCCN2)CCN1. The molecule has 0 aliphatic carbocycles. The second-order valence-corrected chi connectivity index (χ2v) is 3.77. The van der Waals surface area contributed by atoms with Crippen molar-refractivity contribution in [3.05, 3.63) is 0 Å². The van der Waals surface area contributed by atoms with Crippen molar-refractivity contribution in [2.75, 3.05) is 32.8 Å². The smallest absolute Gasteiger partial charge is 0.0816 e. The molecule has 0 spiro atoms. The average Bonchev–Trinajstić information content (AvgIpc) is 2.21. The minimum absolute atomic E-state index is 0.372. The van der Waals surface area contributed by atoms with Gasteiger partial charge in [0.2, 0.25) is 0 Å². The van der Waals surface area contributed by atoms with Crippen molar-refractivity contribution in [1.82, 2.24) is 16.0 Å². The summed E-state index contributed by atoms with van der Waals surface area (Å²) in [5.41, 5.74) is 0. The Morgan fingerprint density at radius 3 is 2.69 bits per heavy atom. The molecule has 0 aromatic rings. The Balaban J connectivity index is 1.69. The molecule has 2 aliphatic heterocycles. The van der Waals surface area contributed by atoms with Crippen molar-refractivity contribution < 1.29 is 4.74 Å². The molecule has 0 radical (unpaired) electrons. The lowest BCUT2D eigenvalue weighted by atomic mass is 10.1. The van der Waals surface area contributed by atoms with Gasteiger partial charge in [-0.05, 0) is 25.9 Å². The fraction of sp³-hybridized carbons (Fsp3) is 1.00. The zero-order chi connectivity index (χ0) is 8.93. The van der Waals surface area contributed by atoms with Gasteiger partial charge in [-0.25, -0.2) is 0 Å². The maximum Gasteiger partial charge on any atom is 0.0816 e. The maximum atomic E-state index is 5.38. The van der Waals surface area contributed by atoms with E-state index in [1.54, 1.807) is 0 Å². The first-order valence-corrected chi connectivity index (χ1v) is 5.23. The van der Waals surface area contributed by atoms with Crippen LogP contribution in [0.4, 0.5) is 0 Å². The van der Waals surface area contributed by atoms with E-state index in [4.69, 9.17) is 4.74 Å². The summed E-state index contributed by atoms with van der Waals surface area (Å²) in [6.45, 7) is 4.92. The van der Waals surface area contributed by atoms with E-state index in [-0.39, 0.29) is 0 Å². The van der Waals surface area contributed by atoms with Crippen molar-refractivity contribution >= 4 is 0 Å². The van der Waals surface area contributed by atoms with Crippen LogP contribution >= 0.6 is 0 Å². The third-order valence-electron chi connectivity index (χ3n) is 2.70. The molecule has 0 aromatic carbocycles. The lowest BCUT2D eigenvalue weighted by Gasteiger charge is -2.31. The zero-order valence-corrected chi connectivity index (χ0v) is 8.01. The van der Waals surface area contributed by atoms with Crippen LogP contribution < -0.4 is 16.0 Å². The molecule has 3 N–H and O–H groups in total. The molecule has 4 nitrogen and oxygen atoms in total. The fourth-order valence-electron chi connectivity index (χ4n) is 1.95. The van der Waals surface area contributed by atoms with Crippen LogP contribution in [0.3, 0.4) is 0 Å². The fourth-order valence-corrected chi connectivity index (χ4v) is 1.95. The minimum atomic E-state index is 0.372. The van der Waals surface area contributed by atoms with Crippen LogP contribution in [0.2, 0.25) is 0 Å². The second-order valence-electron chi connectivity index (χ2n) is 3.77. The van der Waals surface area contributed by atoms with Gasteiger partial charge in [-0.2, -0.15) is 0 Å². The van der Waals surface area contributed by atoms with Crippen LogP contribution in [-0.4, -0.2) is 45.1 Å². The Labute approximate surface area is 79.4 Å². The molecular weight excluding hydrogens is 166 g/mol. The molecule has 4 heteroatoms. The number of hydrogen-bond acceptors (Lipinski definition) is 4. The first-order chi connectivity index (χ1) is 6.45. The minimum Gasteiger partial charge on any atom is -0.377 e. The van der Waals surface area contributed by atoms with Gasteiger partial charge in [-0.3, -0.25) is 10.6 Å². The molecule has 2 aliphatic rings. The maximum absolute atomic E-state index is 5.38. The molecule has 0 bridgehead atoms. The lowest BCUT2D eigenvalue weighted by molar-refractivity contribution is 0.0595. The molecule has 2 rings (SSSR count). The van der Waals surface area contributed by atoms with Crippen molar-refractivity contribution in [2.24, 2.45) is 0 Å². The number of piperidine rings is 1. The van der Waals surface area contributed by atoms with E-state index in [0.717, 1.165) is 32.8 Å². The molecule has 0 saturated carbocycles. The Morgan fingerprint density at radius 1 is 1.15 bits per heavy atom. The molecule has 1 unspecified atom stereocenters. The first-order valence-electron chi connectivity index (χ1n) is 5.23. The van der Waals surface area contributed by atoms with Crippen LogP contribution in [0.1, 0.15) is 12.8 Å². The Hall–Kier alpha value is -0.160. The highest BCUT2D eigenvalue weighted by atomic mass is 16.5. The van der Waals surface area contributed by atoms with Crippen molar-refractivity contribution in [3.8, 4) is 0 Å². The van der Waals surface area contributed by atoms with Gasteiger partial charge < -0.3 is 10.1 Å². The molecule has 1 atom stereocenters. The highest BCUT2D eigenvalue weighted by Crippen LogP contribution is 2.03. The summed E-state index contributed by atoms with van der Waals surface area (Å²) < 4.78 is 5.38. The van der Waals surface area contributed by atoms with Gasteiger partial charge in [0, 0.05) is 12.6 Å². The van der Waals surface area contributed by atoms with E-state index in [1.807, 2.05) is 0 Å². The Kier molecular flexibility index (Phi) is 3.55. The number of nitrogens with one attached hydrogen (secondary N) is 3. The third-order valence-corrected chi connectivity index (χ3v) is 2.70. The monoisotopic (exact) mass is 185 g/mol. The quantitative estimate of drug-likeness (QED) is 0.531. The molecule has 2 fully saturated rings. The van der Waals surface area contributed by atoms with Gasteiger partial charge in [-0.15, -0.1) is 0 Å². The van der Waals surface area contributed by atoms with E-state index >= 15 is 0 Å². The normalized spacial score (nSPS) is 31.8. The summed E-state index contributed by atoms with van der Waals surface area (Å²) >= 11 is 0. The average molecular weight is 185 g/mol. The summed E-state index contributed by atoms with van der Waals surface area (Å²) in [6, 6.07) is 0.667. The van der Waals surface area contributed by atoms with Crippen molar-refractivity contribution in [2.45, 2.75) is 25.0 Å². The molecule has 0 amide bonds. The van der Waals surface area contributed by atoms with E-state index < -0.39 is 0 Å². The summed E-state index contributed by atoms with van der Waals surface area (Å²) in [7, 11) is 0. The molecule has 13 heavy (non-hydrogen) atoms. The predicted octanol–water partition coefficient (Wildman–Crippen LogP) is -0.726. The van der Waals surface area contributed by atoms with Gasteiger partial charge >= 0.3 is 0 Å². The van der Waals surface area contributed by atoms with Gasteiger partial charge in [-0.1, -0.05) is 0 Å². The molecule has 76 valence electrons. The summed E-state index contributed by atoms with van der Waals surface area (Å²) in [5, 5.41) is 10.4. The van der Waals surface area contributed by atoms with E-state index in [0.29, 0.717) is 12.2 Å². The summed E-state index contributed by atoms with van der Waals surface area (Å²) in [5.74, 6) is 0. The lowest BCUT2D eigenvalue weighted by Crippen LogP contribution is -2.55. The molecular formula is C9H19N3O. The molecule has 2 heterocycles. The number of morpholine rings is 1. The summed E-state index contributed by atoms with van der Waals surface area (Å²) in [4.78, 5) is 0. The summed E-state index contributed by atoms with van der Waals surface area (Å²) in [6.07, 6.45) is 2.84. The van der Waals surface area contributed by atoms with E-state index in [1.165, 1.54) is 12.8 Å². The van der Waals surface area contributed by atoms with Crippen LogP contribution in [0.15, 0.2) is 0 Å². The predicted molar refractivity (Wildman–Crippen MR) is 51.6 cm³/mol. The molecule has 2 saturated heterocycles. The van der Waals surface area contributed by atoms with Crippen LogP contribution in [0, 0.1) is 0 Å². The Bertz CT molecular complexity index is 126. The van der Waals surface area contributed by atoms with Gasteiger partial charge in [0.1, 0.15) is 0 Å². The number of hydrogen-bond donors (Lipinski definition) is 3. The van der Waals surface area contributed by atoms with Crippen molar-refractivity contribution in [1.29, 1.82) is 0 Å². The topological polar surface area (TPSA) is 45.3 Å².